The maximum atomic E-state index is 12.3. The monoisotopic (exact) mass is 416 g/mol. The summed E-state index contributed by atoms with van der Waals surface area (Å²) < 4.78 is 35.8. The number of esters is 1. The van der Waals surface area contributed by atoms with E-state index in [1.54, 1.807) is 19.1 Å². The second-order valence-corrected chi connectivity index (χ2v) is 8.22. The number of ether oxygens (including phenoxy) is 1. The summed E-state index contributed by atoms with van der Waals surface area (Å²) in [4.78, 5) is 24.4. The van der Waals surface area contributed by atoms with Crippen LogP contribution in [-0.2, 0) is 19.6 Å². The van der Waals surface area contributed by atoms with Crippen LogP contribution in [0.15, 0.2) is 59.0 Å². The predicted molar refractivity (Wildman–Crippen MR) is 108 cm³/mol. The molecule has 0 unspecified atom stereocenters. The normalized spacial score (nSPS) is 12.3. The number of anilines is 1. The molecule has 0 saturated carbocycles. The number of sulfonamides is 1. The maximum absolute atomic E-state index is 12.3. The van der Waals surface area contributed by atoms with Crippen LogP contribution in [0.2, 0.25) is 0 Å². The number of furan rings is 1. The number of nitrogens with one attached hydrogen (secondary N) is 2. The minimum absolute atomic E-state index is 0.0102. The Morgan fingerprint density at radius 2 is 1.79 bits per heavy atom. The van der Waals surface area contributed by atoms with Crippen LogP contribution < -0.4 is 10.0 Å². The van der Waals surface area contributed by atoms with Crippen molar-refractivity contribution in [3.63, 3.8) is 0 Å². The fourth-order valence-corrected chi connectivity index (χ4v) is 3.31. The lowest BCUT2D eigenvalue weighted by atomic mass is 10.2. The van der Waals surface area contributed by atoms with Gasteiger partial charge in [0.05, 0.1) is 23.5 Å². The summed E-state index contributed by atoms with van der Waals surface area (Å²) >= 11 is 0. The number of carbonyl (C=O) groups excluding carboxylic acids is 2. The van der Waals surface area contributed by atoms with Gasteiger partial charge in [-0.15, -0.1) is 0 Å². The minimum atomic E-state index is -3.57. The molecule has 3 aromatic rings. The topological polar surface area (TPSA) is 115 Å². The number of amides is 1. The quantitative estimate of drug-likeness (QED) is 0.573. The van der Waals surface area contributed by atoms with Gasteiger partial charge in [0.2, 0.25) is 10.0 Å². The van der Waals surface area contributed by atoms with Crippen LogP contribution in [0, 0.1) is 0 Å². The Hall–Kier alpha value is -3.33. The smallest absolute Gasteiger partial charge is 0.340 e. The summed E-state index contributed by atoms with van der Waals surface area (Å²) in [6.45, 7) is 1.24. The molecule has 0 saturated heterocycles. The maximum Gasteiger partial charge on any atom is 0.340 e. The summed E-state index contributed by atoms with van der Waals surface area (Å²) in [5.74, 6) is -0.753. The average molecular weight is 416 g/mol. The molecule has 1 atom stereocenters. The summed E-state index contributed by atoms with van der Waals surface area (Å²) in [6, 6.07) is 14.9. The number of benzene rings is 2. The Kier molecular flexibility index (Phi) is 5.88. The Morgan fingerprint density at radius 1 is 1.10 bits per heavy atom. The van der Waals surface area contributed by atoms with E-state index in [2.05, 4.69) is 10.0 Å². The Bertz CT molecular complexity index is 1120. The standard InChI is InChI=1S/C20H20N2O6S/c1-13(18-11-14-7-3-6-10-17(14)28-18)21-19(23)12-27-20(24)15-8-4-5-9-16(15)22-29(2,25)26/h3-11,13,22H,12H2,1-2H3,(H,21,23)/t13-/m0/s1. The van der Waals surface area contributed by atoms with E-state index in [9.17, 15) is 18.0 Å². The molecule has 2 aromatic carbocycles. The SMILES string of the molecule is C[C@H](NC(=O)COC(=O)c1ccccc1NS(C)(=O)=O)c1cc2ccccc2o1. The third kappa shape index (κ3) is 5.35. The van der Waals surface area contributed by atoms with E-state index in [-0.39, 0.29) is 11.3 Å². The van der Waals surface area contributed by atoms with Gasteiger partial charge in [-0.25, -0.2) is 13.2 Å². The summed E-state index contributed by atoms with van der Waals surface area (Å²) in [5.41, 5.74) is 0.803. The zero-order chi connectivity index (χ0) is 21.0. The van der Waals surface area contributed by atoms with Gasteiger partial charge in [-0.1, -0.05) is 30.3 Å². The molecule has 152 valence electrons. The van der Waals surface area contributed by atoms with Gasteiger partial charge in [0.25, 0.3) is 5.91 Å². The van der Waals surface area contributed by atoms with Gasteiger partial charge in [-0.05, 0) is 31.2 Å². The molecule has 1 amide bonds. The Labute approximate surface area is 167 Å². The molecule has 8 nitrogen and oxygen atoms in total. The van der Waals surface area contributed by atoms with E-state index in [1.807, 2.05) is 30.3 Å². The lowest BCUT2D eigenvalue weighted by Gasteiger charge is -2.13. The molecule has 0 aliphatic heterocycles. The highest BCUT2D eigenvalue weighted by Crippen LogP contribution is 2.23. The highest BCUT2D eigenvalue weighted by Gasteiger charge is 2.18. The first-order valence-corrected chi connectivity index (χ1v) is 10.6. The second kappa shape index (κ2) is 8.36. The average Bonchev–Trinajstić information content (AvgIpc) is 3.10. The van der Waals surface area contributed by atoms with E-state index in [0.717, 1.165) is 11.6 Å². The number of carbonyl (C=O) groups is 2. The molecule has 3 rings (SSSR count). The van der Waals surface area contributed by atoms with Gasteiger partial charge in [-0.2, -0.15) is 0 Å². The van der Waals surface area contributed by atoms with Crippen LogP contribution in [0.5, 0.6) is 0 Å². The third-order valence-electron chi connectivity index (χ3n) is 4.03. The molecule has 1 aromatic heterocycles. The van der Waals surface area contributed by atoms with Gasteiger partial charge in [-0.3, -0.25) is 9.52 Å². The highest BCUT2D eigenvalue weighted by molar-refractivity contribution is 7.92. The molecule has 2 N–H and O–H groups in total. The lowest BCUT2D eigenvalue weighted by molar-refractivity contribution is -0.125. The van der Waals surface area contributed by atoms with Gasteiger partial charge in [0, 0.05) is 5.39 Å². The highest BCUT2D eigenvalue weighted by atomic mass is 32.2. The van der Waals surface area contributed by atoms with E-state index in [4.69, 9.17) is 9.15 Å². The van der Waals surface area contributed by atoms with Gasteiger partial charge < -0.3 is 14.5 Å². The van der Waals surface area contributed by atoms with Gasteiger partial charge in [0.1, 0.15) is 11.3 Å². The van der Waals surface area contributed by atoms with Crippen molar-refractivity contribution in [2.24, 2.45) is 0 Å². The van der Waals surface area contributed by atoms with Crippen molar-refractivity contribution in [1.82, 2.24) is 5.32 Å². The van der Waals surface area contributed by atoms with Gasteiger partial charge in [0.15, 0.2) is 6.61 Å². The first-order valence-electron chi connectivity index (χ1n) is 8.75. The van der Waals surface area contributed by atoms with E-state index >= 15 is 0 Å². The molecule has 0 spiro atoms. The second-order valence-electron chi connectivity index (χ2n) is 6.47. The molecule has 0 fully saturated rings. The summed E-state index contributed by atoms with van der Waals surface area (Å²) in [5, 5.41) is 3.62. The molecule has 29 heavy (non-hydrogen) atoms. The fraction of sp³-hybridized carbons (Fsp3) is 0.200. The van der Waals surface area contributed by atoms with Crippen LogP contribution in [0.1, 0.15) is 29.1 Å². The number of hydrogen-bond donors (Lipinski definition) is 2. The molecule has 0 aliphatic carbocycles. The van der Waals surface area contributed by atoms with Crippen molar-refractivity contribution in [2.75, 3.05) is 17.6 Å². The Morgan fingerprint density at radius 3 is 2.52 bits per heavy atom. The predicted octanol–water partition coefficient (Wildman–Crippen LogP) is 2.84. The van der Waals surface area contributed by atoms with Crippen LogP contribution in [-0.4, -0.2) is 33.2 Å². The largest absolute Gasteiger partial charge is 0.459 e. The number of rotatable bonds is 7. The summed E-state index contributed by atoms with van der Waals surface area (Å²) in [6.07, 6.45) is 0.974. The van der Waals surface area contributed by atoms with Crippen LogP contribution >= 0.6 is 0 Å². The summed E-state index contributed by atoms with van der Waals surface area (Å²) in [7, 11) is -3.57. The van der Waals surface area contributed by atoms with E-state index < -0.39 is 34.5 Å². The minimum Gasteiger partial charge on any atom is -0.459 e. The van der Waals surface area contributed by atoms with Crippen molar-refractivity contribution < 1.29 is 27.2 Å². The van der Waals surface area contributed by atoms with Crippen molar-refractivity contribution in [2.45, 2.75) is 13.0 Å². The molecule has 0 aliphatic rings. The fourth-order valence-electron chi connectivity index (χ4n) is 2.73. The zero-order valence-electron chi connectivity index (χ0n) is 15.8. The molecule has 9 heteroatoms. The Balaban J connectivity index is 1.60. The van der Waals surface area contributed by atoms with Crippen molar-refractivity contribution in [3.8, 4) is 0 Å². The van der Waals surface area contributed by atoms with Crippen molar-refractivity contribution in [1.29, 1.82) is 0 Å². The van der Waals surface area contributed by atoms with Crippen molar-refractivity contribution >= 4 is 38.6 Å². The van der Waals surface area contributed by atoms with Gasteiger partial charge >= 0.3 is 5.97 Å². The molecule has 0 bridgehead atoms. The number of para-hydroxylation sites is 2. The zero-order valence-corrected chi connectivity index (χ0v) is 16.7. The number of hydrogen-bond acceptors (Lipinski definition) is 6. The third-order valence-corrected chi connectivity index (χ3v) is 4.62. The molecular formula is C20H20N2O6S. The van der Waals surface area contributed by atoms with E-state index in [0.29, 0.717) is 11.3 Å². The van der Waals surface area contributed by atoms with Crippen molar-refractivity contribution in [3.05, 3.63) is 65.9 Å². The first kappa shape index (κ1) is 20.4. The lowest BCUT2D eigenvalue weighted by Crippen LogP contribution is -2.31. The van der Waals surface area contributed by atoms with Crippen LogP contribution in [0.4, 0.5) is 5.69 Å². The number of fused-ring (bicyclic) bond motifs is 1. The van der Waals surface area contributed by atoms with E-state index in [1.165, 1.54) is 12.1 Å². The molecular weight excluding hydrogens is 396 g/mol. The molecule has 0 radical (unpaired) electrons. The van der Waals surface area contributed by atoms with Crippen LogP contribution in [0.25, 0.3) is 11.0 Å². The van der Waals surface area contributed by atoms with Crippen LogP contribution in [0.3, 0.4) is 0 Å². The molecule has 1 heterocycles. The first-order chi connectivity index (χ1) is 13.7.